The molecule has 4 nitrogen and oxygen atoms in total. The molecule has 0 rings (SSSR count). The first-order valence-electron chi connectivity index (χ1n) is 6.63. The monoisotopic (exact) mass is 245 g/mol. The van der Waals surface area contributed by atoms with E-state index in [1.54, 1.807) is 6.92 Å². The van der Waals surface area contributed by atoms with Gasteiger partial charge >= 0.3 is 5.97 Å². The molecule has 1 atom stereocenters. The van der Waals surface area contributed by atoms with Crippen LogP contribution in [0.3, 0.4) is 0 Å². The van der Waals surface area contributed by atoms with Gasteiger partial charge in [-0.25, -0.2) is 0 Å². The predicted molar refractivity (Wildman–Crippen MR) is 69.3 cm³/mol. The van der Waals surface area contributed by atoms with Crippen LogP contribution < -0.4 is 5.32 Å². The van der Waals surface area contributed by atoms with Crippen LogP contribution in [0.4, 0.5) is 0 Å². The summed E-state index contributed by atoms with van der Waals surface area (Å²) < 4.78 is 5.44. The van der Waals surface area contributed by atoms with Gasteiger partial charge in [-0.15, -0.1) is 0 Å². The number of hydrogen-bond acceptors (Lipinski definition) is 3. The van der Waals surface area contributed by atoms with Crippen molar-refractivity contribution in [3.8, 4) is 0 Å². The van der Waals surface area contributed by atoms with Crippen LogP contribution in [-0.2, 0) is 9.53 Å². The van der Waals surface area contributed by atoms with Gasteiger partial charge in [-0.1, -0.05) is 20.3 Å². The predicted octanol–water partition coefficient (Wildman–Crippen LogP) is 2.43. The second kappa shape index (κ2) is 9.42. The van der Waals surface area contributed by atoms with Gasteiger partial charge in [-0.05, 0) is 39.2 Å². The molecule has 0 saturated heterocycles. The van der Waals surface area contributed by atoms with E-state index < -0.39 is 11.5 Å². The number of hydrogen-bond donors (Lipinski definition) is 2. The number of carbonyl (C=O) groups is 1. The summed E-state index contributed by atoms with van der Waals surface area (Å²) in [5, 5.41) is 12.2. The molecule has 0 aromatic heterocycles. The van der Waals surface area contributed by atoms with Gasteiger partial charge in [0.25, 0.3) is 0 Å². The molecule has 17 heavy (non-hydrogen) atoms. The first-order chi connectivity index (χ1) is 8.06. The Labute approximate surface area is 105 Å². The average molecular weight is 245 g/mol. The first-order valence-corrected chi connectivity index (χ1v) is 6.63. The van der Waals surface area contributed by atoms with Crippen LogP contribution >= 0.6 is 0 Å². The maximum absolute atomic E-state index is 11.1. The fraction of sp³-hybridized carbons (Fsp3) is 0.923. The molecule has 0 aliphatic rings. The zero-order valence-electron chi connectivity index (χ0n) is 11.4. The number of ether oxygens (including phenoxy) is 1. The Morgan fingerprint density at radius 1 is 1.24 bits per heavy atom. The Kier molecular flexibility index (Phi) is 9.09. The summed E-state index contributed by atoms with van der Waals surface area (Å²) in [5.41, 5.74) is -0.793. The van der Waals surface area contributed by atoms with Crippen LogP contribution in [0.5, 0.6) is 0 Å². The molecule has 0 radical (unpaired) electrons. The van der Waals surface area contributed by atoms with Crippen LogP contribution in [-0.4, -0.2) is 36.4 Å². The average Bonchev–Trinajstić information content (AvgIpc) is 2.28. The van der Waals surface area contributed by atoms with Gasteiger partial charge < -0.3 is 15.2 Å². The van der Waals surface area contributed by atoms with E-state index in [4.69, 9.17) is 9.84 Å². The number of rotatable bonds is 11. The molecule has 0 aliphatic heterocycles. The Bertz CT molecular complexity index is 209. The minimum atomic E-state index is -0.793. The fourth-order valence-electron chi connectivity index (χ4n) is 1.69. The maximum Gasteiger partial charge on any atom is 0.323 e. The van der Waals surface area contributed by atoms with E-state index in [-0.39, 0.29) is 0 Å². The summed E-state index contributed by atoms with van der Waals surface area (Å²) in [4.78, 5) is 11.1. The van der Waals surface area contributed by atoms with E-state index >= 15 is 0 Å². The standard InChI is InChI=1S/C13H27NO3/c1-4-6-10-17-11-8-7-9-13(3,12(15)16)14-5-2/h14H,4-11H2,1-3H3,(H,15,16). The highest BCUT2D eigenvalue weighted by Gasteiger charge is 2.30. The number of likely N-dealkylation sites (N-methyl/N-ethyl adjacent to an activating group) is 1. The molecule has 0 bridgehead atoms. The quantitative estimate of drug-likeness (QED) is 0.549. The van der Waals surface area contributed by atoms with E-state index in [0.717, 1.165) is 38.9 Å². The minimum Gasteiger partial charge on any atom is -0.480 e. The van der Waals surface area contributed by atoms with Crippen molar-refractivity contribution in [2.75, 3.05) is 19.8 Å². The van der Waals surface area contributed by atoms with Gasteiger partial charge in [0.15, 0.2) is 0 Å². The van der Waals surface area contributed by atoms with E-state index in [1.807, 2.05) is 6.92 Å². The van der Waals surface area contributed by atoms with Gasteiger partial charge in [-0.3, -0.25) is 4.79 Å². The lowest BCUT2D eigenvalue weighted by Crippen LogP contribution is -2.49. The maximum atomic E-state index is 11.1. The Morgan fingerprint density at radius 3 is 2.41 bits per heavy atom. The number of carboxylic acid groups (broad SMARTS) is 1. The van der Waals surface area contributed by atoms with Gasteiger partial charge in [0.05, 0.1) is 0 Å². The lowest BCUT2D eigenvalue weighted by Gasteiger charge is -2.25. The zero-order chi connectivity index (χ0) is 13.1. The fourth-order valence-corrected chi connectivity index (χ4v) is 1.69. The molecule has 0 fully saturated rings. The third-order valence-corrected chi connectivity index (χ3v) is 2.90. The molecule has 0 aromatic rings. The van der Waals surface area contributed by atoms with Crippen LogP contribution in [0.2, 0.25) is 0 Å². The lowest BCUT2D eigenvalue weighted by atomic mass is 9.95. The summed E-state index contributed by atoms with van der Waals surface area (Å²) in [5.74, 6) is -0.772. The van der Waals surface area contributed by atoms with Gasteiger partial charge in [-0.2, -0.15) is 0 Å². The van der Waals surface area contributed by atoms with Crippen molar-refractivity contribution in [2.24, 2.45) is 0 Å². The normalized spacial score (nSPS) is 14.5. The van der Waals surface area contributed by atoms with Crippen molar-refractivity contribution >= 4 is 5.97 Å². The lowest BCUT2D eigenvalue weighted by molar-refractivity contribution is -0.144. The molecular weight excluding hydrogens is 218 g/mol. The van der Waals surface area contributed by atoms with E-state index in [9.17, 15) is 4.79 Å². The van der Waals surface area contributed by atoms with Gasteiger partial charge in [0, 0.05) is 13.2 Å². The topological polar surface area (TPSA) is 58.6 Å². The van der Waals surface area contributed by atoms with Crippen molar-refractivity contribution in [3.05, 3.63) is 0 Å². The van der Waals surface area contributed by atoms with E-state index in [2.05, 4.69) is 12.2 Å². The van der Waals surface area contributed by atoms with Crippen LogP contribution in [0.1, 0.15) is 52.9 Å². The molecule has 0 aliphatic carbocycles. The van der Waals surface area contributed by atoms with Crippen molar-refractivity contribution < 1.29 is 14.6 Å². The molecule has 0 aromatic carbocycles. The molecule has 0 heterocycles. The number of aliphatic carboxylic acids is 1. The van der Waals surface area contributed by atoms with Crippen molar-refractivity contribution in [3.63, 3.8) is 0 Å². The van der Waals surface area contributed by atoms with Crippen molar-refractivity contribution in [1.29, 1.82) is 0 Å². The summed E-state index contributed by atoms with van der Waals surface area (Å²) in [6.45, 7) is 8.04. The Balaban J connectivity index is 3.65. The number of nitrogens with one attached hydrogen (secondary N) is 1. The minimum absolute atomic E-state index is 0.646. The zero-order valence-corrected chi connectivity index (χ0v) is 11.4. The summed E-state index contributed by atoms with van der Waals surface area (Å²) in [7, 11) is 0. The summed E-state index contributed by atoms with van der Waals surface area (Å²) in [6.07, 6.45) is 4.70. The first kappa shape index (κ1) is 16.4. The SMILES string of the molecule is CCCCOCCCCC(C)(NCC)C(=O)O. The second-order valence-electron chi connectivity index (χ2n) is 4.59. The number of unbranched alkanes of at least 4 members (excludes halogenated alkanes) is 2. The highest BCUT2D eigenvalue weighted by atomic mass is 16.5. The third-order valence-electron chi connectivity index (χ3n) is 2.90. The summed E-state index contributed by atoms with van der Waals surface area (Å²) >= 11 is 0. The van der Waals surface area contributed by atoms with E-state index in [1.165, 1.54) is 0 Å². The largest absolute Gasteiger partial charge is 0.480 e. The molecule has 0 saturated carbocycles. The molecule has 102 valence electrons. The summed E-state index contributed by atoms with van der Waals surface area (Å²) in [6, 6.07) is 0. The molecule has 1 unspecified atom stereocenters. The van der Waals surface area contributed by atoms with Crippen LogP contribution in [0.15, 0.2) is 0 Å². The van der Waals surface area contributed by atoms with Crippen LogP contribution in [0, 0.1) is 0 Å². The van der Waals surface area contributed by atoms with E-state index in [0.29, 0.717) is 13.0 Å². The smallest absolute Gasteiger partial charge is 0.323 e. The van der Waals surface area contributed by atoms with Crippen LogP contribution in [0.25, 0.3) is 0 Å². The molecule has 0 spiro atoms. The highest BCUT2D eigenvalue weighted by molar-refractivity contribution is 5.78. The van der Waals surface area contributed by atoms with Gasteiger partial charge in [0.1, 0.15) is 5.54 Å². The second-order valence-corrected chi connectivity index (χ2v) is 4.59. The van der Waals surface area contributed by atoms with Crippen molar-refractivity contribution in [2.45, 2.75) is 58.4 Å². The molecule has 2 N–H and O–H groups in total. The molecule has 0 amide bonds. The van der Waals surface area contributed by atoms with Crippen molar-refractivity contribution in [1.82, 2.24) is 5.32 Å². The third kappa shape index (κ3) is 7.34. The highest BCUT2D eigenvalue weighted by Crippen LogP contribution is 2.14. The Hall–Kier alpha value is -0.610. The number of carboxylic acids is 1. The van der Waals surface area contributed by atoms with Gasteiger partial charge in [0.2, 0.25) is 0 Å². The molecular formula is C13H27NO3. The Morgan fingerprint density at radius 2 is 1.88 bits per heavy atom. The molecule has 4 heteroatoms.